The summed E-state index contributed by atoms with van der Waals surface area (Å²) in [7, 11) is 0. The second-order valence-corrected chi connectivity index (χ2v) is 20.7. The van der Waals surface area contributed by atoms with Gasteiger partial charge in [-0.15, -0.1) is 0 Å². The Morgan fingerprint density at radius 1 is 0.413 bits per heavy atom. The van der Waals surface area contributed by atoms with Crippen LogP contribution in [0, 0.1) is 71.1 Å². The molecule has 12 heteroatoms. The van der Waals surface area contributed by atoms with Crippen LogP contribution in [0.25, 0.3) is 0 Å². The van der Waals surface area contributed by atoms with Crippen molar-refractivity contribution < 1.29 is 150 Å². The molecule has 0 heterocycles. The fourth-order valence-corrected chi connectivity index (χ4v) is 8.92. The number of benzene rings is 4. The molecule has 1 aliphatic rings. The fraction of sp³-hybridized carbons (Fsp3) is 0.600. The Labute approximate surface area is 678 Å². The molecule has 3 atom stereocenters. The summed E-state index contributed by atoms with van der Waals surface area (Å²) in [6.07, 6.45) is 6.55. The summed E-state index contributed by atoms with van der Waals surface area (Å²) in [5.74, 6) is 3.80. The van der Waals surface area contributed by atoms with E-state index < -0.39 is 0 Å². The molecule has 0 saturated heterocycles. The Morgan fingerprint density at radius 2 is 0.674 bits per heavy atom. The van der Waals surface area contributed by atoms with Crippen LogP contribution in [0.4, 0.5) is 0 Å². The van der Waals surface area contributed by atoms with Crippen molar-refractivity contribution in [3.8, 4) is 0 Å². The van der Waals surface area contributed by atoms with Gasteiger partial charge >= 0.3 is 0 Å². The van der Waals surface area contributed by atoms with E-state index >= 15 is 0 Å². The van der Waals surface area contributed by atoms with Crippen LogP contribution in [-0.2, 0) is 131 Å². The number of rotatable bonds is 16. The van der Waals surface area contributed by atoms with Gasteiger partial charge in [-0.25, -0.2) is 0 Å². The topological polar surface area (TPSA) is 116 Å². The Balaban J connectivity index is -0.0000000599. The van der Waals surface area contributed by atoms with Crippen molar-refractivity contribution in [3.05, 3.63) is 173 Å². The average molecular weight is 1590 g/mol. The molecule has 1 fully saturated rings. The van der Waals surface area contributed by atoms with Crippen LogP contribution in [0.5, 0.6) is 0 Å². The minimum absolute atomic E-state index is 0. The Kier molecular flexibility index (Phi) is 117. The van der Waals surface area contributed by atoms with E-state index in [1.165, 1.54) is 12.8 Å². The molecule has 8 nitrogen and oxygen atoms in total. The van der Waals surface area contributed by atoms with Crippen LogP contribution in [-0.4, -0.2) is 46.8 Å². The van der Waals surface area contributed by atoms with E-state index in [4.69, 9.17) is 0 Å². The van der Waals surface area contributed by atoms with Crippen molar-refractivity contribution in [2.24, 2.45) is 41.4 Å². The summed E-state index contributed by atoms with van der Waals surface area (Å²) in [4.78, 5) is 48.4. The summed E-state index contributed by atoms with van der Waals surface area (Å²) in [6, 6.07) is 38.2. The number of hydrogen-bond acceptors (Lipinski definition) is 4. The molecule has 4 radical (unpaired) electrons. The van der Waals surface area contributed by atoms with E-state index in [0.29, 0.717) is 41.5 Å². The molecule has 4 amide bonds. The molecule has 4 aromatic carbocycles. The zero-order valence-electron chi connectivity index (χ0n) is 66.9. The van der Waals surface area contributed by atoms with Gasteiger partial charge in [-0.1, -0.05) is 287 Å². The second kappa shape index (κ2) is 84.4. The van der Waals surface area contributed by atoms with Crippen LogP contribution in [0.1, 0.15) is 295 Å². The molecular formula is C80H150N4O4Y4-4. The maximum absolute atomic E-state index is 12.3. The first kappa shape index (κ1) is 128. The van der Waals surface area contributed by atoms with Gasteiger partial charge < -0.3 is 51.0 Å². The number of nitrogens with one attached hydrogen (secondary N) is 4. The summed E-state index contributed by atoms with van der Waals surface area (Å²) < 4.78 is 0. The largest absolute Gasteiger partial charge is 0.358 e. The molecule has 1 saturated carbocycles. The summed E-state index contributed by atoms with van der Waals surface area (Å²) in [5.41, 5.74) is 2.74. The molecule has 1 aliphatic carbocycles. The van der Waals surface area contributed by atoms with E-state index in [1.807, 2.05) is 232 Å². The van der Waals surface area contributed by atoms with E-state index in [0.717, 1.165) is 53.9 Å². The second-order valence-electron chi connectivity index (χ2n) is 20.7. The molecule has 530 valence electrons. The molecule has 0 aliphatic heterocycles. The van der Waals surface area contributed by atoms with Crippen LogP contribution in [0.2, 0.25) is 0 Å². The first-order chi connectivity index (χ1) is 40.1. The van der Waals surface area contributed by atoms with Crippen molar-refractivity contribution in [3.63, 3.8) is 0 Å². The quantitative estimate of drug-likeness (QED) is 0.0836. The average Bonchev–Trinajstić information content (AvgIpc) is 3.56. The molecule has 3 unspecified atom stereocenters. The molecule has 92 heavy (non-hydrogen) atoms. The third-order valence-corrected chi connectivity index (χ3v) is 14.4. The van der Waals surface area contributed by atoms with Crippen molar-refractivity contribution in [1.82, 2.24) is 21.3 Å². The standard InChI is InChI=1S/C17H25NO.C15H23NO.2C14H21NO.8C2H6.4CH3.4Y/c1-12(2)15-10-9-13(3)11-16(15)18-17(19)14-7-5-4-6-8-14;1-11(2)15(5,12(3)4)16-14(17)13-9-7-6-8-10-13;1-10(2)13(11(3)4)15-14(16)12-8-6-5-7-9-12;1-4-14(5-2,6-3)15-13(16)12-10-8-7-9-11-12;8*1-2;;;;;;;;/h4-8,12-13,15-16H,9-11H2,1-3H3,(H,18,19);6-12H,1-5H3,(H,16,17);5-11,13H,1-4H3,(H,15,16);7-11H,4-6H2,1-3H3,(H,15,16);8*1-2H3;4*1H3;;;;/q;;;;;;;;;;;;4*-1;;;;. The van der Waals surface area contributed by atoms with Gasteiger partial charge in [0.1, 0.15) is 0 Å². The minimum Gasteiger partial charge on any atom is -0.358 e. The van der Waals surface area contributed by atoms with Crippen LogP contribution < -0.4 is 21.3 Å². The SMILES string of the molecule is CC.CC.CC.CC.CC.CC.CC.CC.CC(C)C(C)(NC(=O)c1ccccc1)C(C)C.CC(C)C(NC(=O)c1ccccc1)C(C)C.CC1CCC(C(C)C)C(NC(=O)c2ccccc2)C1.CCC(CC)(CC)NC(=O)c1ccccc1.[CH3-].[CH3-].[CH3-].[CH3-].[Y].[Y].[Y].[Y]. The van der Waals surface area contributed by atoms with E-state index in [9.17, 15) is 19.2 Å². The smallest absolute Gasteiger partial charge is 0.251 e. The monoisotopic (exact) mass is 1590 g/mol. The van der Waals surface area contributed by atoms with Gasteiger partial charge in [-0.05, 0) is 129 Å². The maximum Gasteiger partial charge on any atom is 0.251 e. The first-order valence-electron chi connectivity index (χ1n) is 33.6. The zero-order valence-corrected chi connectivity index (χ0v) is 78.3. The van der Waals surface area contributed by atoms with Gasteiger partial charge in [-0.3, -0.25) is 19.2 Å². The van der Waals surface area contributed by atoms with Crippen molar-refractivity contribution in [2.45, 2.75) is 276 Å². The van der Waals surface area contributed by atoms with Crippen molar-refractivity contribution in [1.29, 1.82) is 0 Å². The molecule has 0 bridgehead atoms. The summed E-state index contributed by atoms with van der Waals surface area (Å²) in [5, 5.41) is 12.7. The Morgan fingerprint density at radius 3 is 0.924 bits per heavy atom. The normalized spacial score (nSPS) is 12.2. The molecule has 4 aromatic rings. The zero-order chi connectivity index (χ0) is 67.0. The Hall–Kier alpha value is -0.824. The van der Waals surface area contributed by atoms with Gasteiger partial charge in [0.05, 0.1) is 0 Å². The van der Waals surface area contributed by atoms with Crippen LogP contribution >= 0.6 is 0 Å². The van der Waals surface area contributed by atoms with Crippen molar-refractivity contribution in [2.75, 3.05) is 0 Å². The number of amides is 4. The number of hydrogen-bond donors (Lipinski definition) is 4. The molecule has 4 N–H and O–H groups in total. The fourth-order valence-electron chi connectivity index (χ4n) is 8.92. The summed E-state index contributed by atoms with van der Waals surface area (Å²) in [6.45, 7) is 64.4. The third-order valence-electron chi connectivity index (χ3n) is 14.4. The first-order valence-corrected chi connectivity index (χ1v) is 33.6. The van der Waals surface area contributed by atoms with Crippen LogP contribution in [0.3, 0.4) is 0 Å². The molecular weight excluding hydrogens is 1440 g/mol. The van der Waals surface area contributed by atoms with Gasteiger partial charge in [0.25, 0.3) is 23.6 Å². The van der Waals surface area contributed by atoms with E-state index in [2.05, 4.69) is 125 Å². The molecule has 5 rings (SSSR count). The predicted octanol–water partition coefficient (Wildman–Crippen LogP) is 23.8. The Bertz CT molecular complexity index is 2030. The molecule has 0 aromatic heterocycles. The van der Waals surface area contributed by atoms with Crippen LogP contribution in [0.15, 0.2) is 121 Å². The van der Waals surface area contributed by atoms with Gasteiger partial charge in [0, 0.05) is 176 Å². The van der Waals surface area contributed by atoms with Gasteiger partial charge in [0.2, 0.25) is 0 Å². The number of carbonyl (C=O) groups is 4. The third kappa shape index (κ3) is 56.1. The van der Waals surface area contributed by atoms with E-state index in [1.54, 1.807) is 0 Å². The molecule has 0 spiro atoms. The van der Waals surface area contributed by atoms with Gasteiger partial charge in [0.15, 0.2) is 0 Å². The predicted molar refractivity (Wildman–Crippen MR) is 402 cm³/mol. The van der Waals surface area contributed by atoms with E-state index in [-0.39, 0.29) is 201 Å². The van der Waals surface area contributed by atoms with Crippen molar-refractivity contribution >= 4 is 23.6 Å². The number of carbonyl (C=O) groups excluding carboxylic acids is 4. The van der Waals surface area contributed by atoms with Gasteiger partial charge in [-0.2, -0.15) is 0 Å². The summed E-state index contributed by atoms with van der Waals surface area (Å²) >= 11 is 0. The maximum atomic E-state index is 12.3. The minimum atomic E-state index is -0.174.